The highest BCUT2D eigenvalue weighted by Gasteiger charge is 2.25. The molecular weight excluding hydrogens is 390 g/mol. The van der Waals surface area contributed by atoms with Crippen LogP contribution in [0.15, 0.2) is 53.2 Å². The van der Waals surface area contributed by atoms with E-state index in [2.05, 4.69) is 9.72 Å². The van der Waals surface area contributed by atoms with Crippen LogP contribution in [0.1, 0.15) is 10.4 Å². The predicted molar refractivity (Wildman–Crippen MR) is 97.2 cm³/mol. The molecule has 0 saturated heterocycles. The fourth-order valence-corrected chi connectivity index (χ4v) is 3.19. The van der Waals surface area contributed by atoms with Crippen molar-refractivity contribution in [2.45, 2.75) is 6.61 Å². The summed E-state index contributed by atoms with van der Waals surface area (Å²) in [5.41, 5.74) is -0.176. The minimum Gasteiger partial charge on any atom is -0.478 e. The Kier molecular flexibility index (Phi) is 4.30. The number of aromatic carboxylic acids is 1. The molecule has 0 unspecified atom stereocenters. The van der Waals surface area contributed by atoms with Gasteiger partial charge in [0.15, 0.2) is 11.3 Å². The molecule has 10 heteroatoms. The lowest BCUT2D eigenvalue weighted by molar-refractivity contribution is -0.384. The van der Waals surface area contributed by atoms with Crippen LogP contribution in [-0.2, 0) is 0 Å². The predicted octanol–water partition coefficient (Wildman–Crippen LogP) is 4.86. The highest BCUT2D eigenvalue weighted by atomic mass is 19.3. The van der Waals surface area contributed by atoms with Gasteiger partial charge >= 0.3 is 12.6 Å². The van der Waals surface area contributed by atoms with Crippen molar-refractivity contribution in [1.82, 2.24) is 4.98 Å². The molecule has 2 heterocycles. The van der Waals surface area contributed by atoms with Gasteiger partial charge in [-0.05, 0) is 18.2 Å². The van der Waals surface area contributed by atoms with Crippen LogP contribution in [0.4, 0.5) is 14.5 Å². The maximum atomic E-state index is 12.8. The average Bonchev–Trinajstić information content (AvgIpc) is 3.08. The van der Waals surface area contributed by atoms with Gasteiger partial charge in [0.1, 0.15) is 5.58 Å². The van der Waals surface area contributed by atoms with Gasteiger partial charge in [-0.1, -0.05) is 12.1 Å². The molecule has 8 nitrogen and oxygen atoms in total. The van der Waals surface area contributed by atoms with Crippen LogP contribution in [-0.4, -0.2) is 27.6 Å². The molecular formula is C19H10F2N2O6. The summed E-state index contributed by atoms with van der Waals surface area (Å²) in [6.45, 7) is -3.16. The van der Waals surface area contributed by atoms with E-state index in [1.165, 1.54) is 30.6 Å². The monoisotopic (exact) mass is 400 g/mol. The molecule has 0 bridgehead atoms. The molecule has 0 radical (unpaired) electrons. The van der Waals surface area contributed by atoms with E-state index in [9.17, 15) is 28.8 Å². The van der Waals surface area contributed by atoms with Crippen LogP contribution in [0.5, 0.6) is 5.75 Å². The van der Waals surface area contributed by atoms with Gasteiger partial charge in [-0.15, -0.1) is 0 Å². The number of hydrogen-bond donors (Lipinski definition) is 1. The minimum absolute atomic E-state index is 0.0126. The molecule has 29 heavy (non-hydrogen) atoms. The molecule has 0 fully saturated rings. The smallest absolute Gasteiger partial charge is 0.387 e. The summed E-state index contributed by atoms with van der Waals surface area (Å²) in [6, 6.07) is 8.04. The molecule has 1 N–H and O–H groups in total. The van der Waals surface area contributed by atoms with E-state index in [0.29, 0.717) is 0 Å². The molecule has 4 aromatic rings. The number of benzene rings is 2. The number of ether oxygens (including phenoxy) is 1. The van der Waals surface area contributed by atoms with Gasteiger partial charge in [0.05, 0.1) is 21.6 Å². The maximum Gasteiger partial charge on any atom is 0.387 e. The zero-order chi connectivity index (χ0) is 20.7. The van der Waals surface area contributed by atoms with E-state index in [1.54, 1.807) is 6.07 Å². The first-order valence-electron chi connectivity index (χ1n) is 8.13. The highest BCUT2D eigenvalue weighted by molar-refractivity contribution is 6.18. The number of aromatic nitrogens is 1. The van der Waals surface area contributed by atoms with Gasteiger partial charge in [0.2, 0.25) is 0 Å². The Bertz CT molecular complexity index is 1280. The van der Waals surface area contributed by atoms with Crippen molar-refractivity contribution in [3.05, 3.63) is 64.5 Å². The quantitative estimate of drug-likeness (QED) is 0.376. The van der Waals surface area contributed by atoms with E-state index in [-0.39, 0.29) is 50.1 Å². The van der Waals surface area contributed by atoms with Gasteiger partial charge in [0, 0.05) is 29.2 Å². The van der Waals surface area contributed by atoms with Crippen LogP contribution >= 0.6 is 0 Å². The zero-order valence-corrected chi connectivity index (χ0v) is 14.3. The number of carboxylic acid groups (broad SMARTS) is 1. The Balaban J connectivity index is 2.11. The number of halogens is 2. The summed E-state index contributed by atoms with van der Waals surface area (Å²) in [4.78, 5) is 26.5. The first kappa shape index (κ1) is 18.3. The lowest BCUT2D eigenvalue weighted by atomic mass is 10.0. The number of hydrogen-bond acceptors (Lipinski definition) is 6. The summed E-state index contributed by atoms with van der Waals surface area (Å²) in [5, 5.41) is 21.1. The first-order valence-corrected chi connectivity index (χ1v) is 8.13. The van der Waals surface area contributed by atoms with Crippen molar-refractivity contribution in [1.29, 1.82) is 0 Å². The zero-order valence-electron chi connectivity index (χ0n) is 14.3. The van der Waals surface area contributed by atoms with Crippen LogP contribution in [0.3, 0.4) is 0 Å². The molecule has 0 amide bonds. The van der Waals surface area contributed by atoms with E-state index in [4.69, 9.17) is 4.42 Å². The number of carboxylic acids is 1. The Labute approximate surface area is 160 Å². The number of nitro groups is 1. The Morgan fingerprint density at radius 2 is 1.90 bits per heavy atom. The largest absolute Gasteiger partial charge is 0.478 e. The third-order valence-electron chi connectivity index (χ3n) is 4.33. The van der Waals surface area contributed by atoms with Gasteiger partial charge in [-0.3, -0.25) is 15.1 Å². The second-order valence-electron chi connectivity index (χ2n) is 5.94. The van der Waals surface area contributed by atoms with Crippen LogP contribution in [0.2, 0.25) is 0 Å². The summed E-state index contributed by atoms with van der Waals surface area (Å²) in [7, 11) is 0. The van der Waals surface area contributed by atoms with Crippen molar-refractivity contribution in [2.24, 2.45) is 0 Å². The van der Waals surface area contributed by atoms with Crippen LogP contribution in [0.25, 0.3) is 33.1 Å². The number of nitrogens with zero attached hydrogens (tertiary/aromatic N) is 2. The summed E-state index contributed by atoms with van der Waals surface area (Å²) in [5.74, 6) is -1.66. The fourth-order valence-electron chi connectivity index (χ4n) is 3.19. The summed E-state index contributed by atoms with van der Waals surface area (Å²) < 4.78 is 35.7. The number of carbonyl (C=O) groups is 1. The van der Waals surface area contributed by atoms with Crippen molar-refractivity contribution in [3.8, 4) is 16.9 Å². The SMILES string of the molecule is O=C(O)c1ccc(OC(F)F)c2oc3c(-c4ccccc4[N+](=O)[O-])cncc3c12. The Hall–Kier alpha value is -4.08. The topological polar surface area (TPSA) is 116 Å². The Morgan fingerprint density at radius 1 is 1.14 bits per heavy atom. The fraction of sp³-hybridized carbons (Fsp3) is 0.0526. The van der Waals surface area contributed by atoms with E-state index in [0.717, 1.165) is 12.1 Å². The molecule has 0 atom stereocenters. The molecule has 146 valence electrons. The lowest BCUT2D eigenvalue weighted by Crippen LogP contribution is -2.03. The second-order valence-corrected chi connectivity index (χ2v) is 5.94. The standard InChI is InChI=1S/C19H10F2N2O6/c20-19(21)28-14-6-5-10(18(24)25)15-12-8-22-7-11(16(12)29-17(14)15)9-3-1-2-4-13(9)23(26)27/h1-8,19H,(H,24,25). The molecule has 0 aliphatic rings. The first-order chi connectivity index (χ1) is 13.9. The van der Waals surface area contributed by atoms with Gasteiger partial charge in [0.25, 0.3) is 5.69 Å². The third kappa shape index (κ3) is 3.00. The van der Waals surface area contributed by atoms with Gasteiger partial charge < -0.3 is 14.3 Å². The minimum atomic E-state index is -3.16. The number of furan rings is 1. The van der Waals surface area contributed by atoms with Gasteiger partial charge in [-0.2, -0.15) is 8.78 Å². The summed E-state index contributed by atoms with van der Waals surface area (Å²) in [6.07, 6.45) is 2.62. The van der Waals surface area contributed by atoms with Crippen LogP contribution in [0, 0.1) is 10.1 Å². The van der Waals surface area contributed by atoms with E-state index >= 15 is 0 Å². The molecule has 2 aromatic carbocycles. The van der Waals surface area contributed by atoms with E-state index in [1.807, 2.05) is 0 Å². The average molecular weight is 400 g/mol. The van der Waals surface area contributed by atoms with Crippen LogP contribution < -0.4 is 4.74 Å². The number of pyridine rings is 1. The molecule has 0 saturated carbocycles. The molecule has 0 spiro atoms. The number of rotatable bonds is 5. The van der Waals surface area contributed by atoms with Crippen molar-refractivity contribution in [2.75, 3.05) is 0 Å². The third-order valence-corrected chi connectivity index (χ3v) is 4.33. The molecule has 2 aromatic heterocycles. The number of para-hydroxylation sites is 1. The van der Waals surface area contributed by atoms with E-state index < -0.39 is 17.5 Å². The molecule has 4 rings (SSSR count). The maximum absolute atomic E-state index is 12.8. The second kappa shape index (κ2) is 6.82. The molecule has 0 aliphatic carbocycles. The highest BCUT2D eigenvalue weighted by Crippen LogP contribution is 2.42. The molecule has 0 aliphatic heterocycles. The normalized spacial score (nSPS) is 11.3. The number of nitro benzene ring substituents is 1. The number of alkyl halides is 2. The van der Waals surface area contributed by atoms with Crippen molar-refractivity contribution in [3.63, 3.8) is 0 Å². The lowest BCUT2D eigenvalue weighted by Gasteiger charge is -2.05. The Morgan fingerprint density at radius 3 is 2.59 bits per heavy atom. The number of fused-ring (bicyclic) bond motifs is 3. The van der Waals surface area contributed by atoms with Crippen molar-refractivity contribution < 1.29 is 32.8 Å². The van der Waals surface area contributed by atoms with Gasteiger partial charge in [-0.25, -0.2) is 4.79 Å². The van der Waals surface area contributed by atoms with Crippen molar-refractivity contribution >= 4 is 33.6 Å². The summed E-state index contributed by atoms with van der Waals surface area (Å²) >= 11 is 0.